The second-order valence-electron chi connectivity index (χ2n) is 7.50. The van der Waals surface area contributed by atoms with Gasteiger partial charge in [-0.1, -0.05) is 5.16 Å². The molecule has 4 heterocycles. The van der Waals surface area contributed by atoms with E-state index in [1.165, 1.54) is 0 Å². The van der Waals surface area contributed by atoms with Gasteiger partial charge >= 0.3 is 0 Å². The maximum Gasteiger partial charge on any atom is 0.276 e. The highest BCUT2D eigenvalue weighted by molar-refractivity contribution is 5.92. The Hall–Kier alpha value is -2.37. The van der Waals surface area contributed by atoms with E-state index in [0.717, 1.165) is 31.8 Å². The monoisotopic (exact) mass is 405 g/mol. The van der Waals surface area contributed by atoms with E-state index < -0.39 is 5.54 Å². The van der Waals surface area contributed by atoms with E-state index in [-0.39, 0.29) is 5.91 Å². The quantitative estimate of drug-likeness (QED) is 0.659. The lowest BCUT2D eigenvalue weighted by molar-refractivity contribution is -0.0574. The van der Waals surface area contributed by atoms with Crippen LogP contribution < -0.4 is 0 Å². The van der Waals surface area contributed by atoms with Gasteiger partial charge in [0.1, 0.15) is 11.3 Å². The fourth-order valence-electron chi connectivity index (χ4n) is 4.28. The molecule has 1 atom stereocenters. The molecule has 0 aliphatic carbocycles. The molecule has 158 valence electrons. The van der Waals surface area contributed by atoms with Crippen LogP contribution in [0.15, 0.2) is 10.6 Å². The van der Waals surface area contributed by atoms with Crippen molar-refractivity contribution in [3.63, 3.8) is 0 Å². The highest BCUT2D eigenvalue weighted by atomic mass is 16.5. The molecular formula is C18H27N7O4. The van der Waals surface area contributed by atoms with Gasteiger partial charge in [-0.25, -0.2) is 4.68 Å². The molecule has 29 heavy (non-hydrogen) atoms. The second kappa shape index (κ2) is 8.56. The third-order valence-electron chi connectivity index (χ3n) is 5.68. The lowest BCUT2D eigenvalue weighted by Gasteiger charge is -2.49. The number of piperidine rings is 1. The number of likely N-dealkylation sites (tertiary alicyclic amines) is 1. The summed E-state index contributed by atoms with van der Waals surface area (Å²) in [6.45, 7) is 6.84. The zero-order valence-electron chi connectivity index (χ0n) is 16.9. The number of carbonyl (C=O) groups excluding carboxylic acids is 1. The predicted molar refractivity (Wildman–Crippen MR) is 100 cm³/mol. The van der Waals surface area contributed by atoms with Crippen molar-refractivity contribution >= 4 is 5.91 Å². The number of methoxy groups -OCH3 is 1. The Morgan fingerprint density at radius 2 is 2.14 bits per heavy atom. The summed E-state index contributed by atoms with van der Waals surface area (Å²) >= 11 is 0. The number of hydrogen-bond acceptors (Lipinski definition) is 9. The molecular weight excluding hydrogens is 378 g/mol. The Bertz CT molecular complexity index is 832. The summed E-state index contributed by atoms with van der Waals surface area (Å²) in [6, 6.07) is 1.68. The lowest BCUT2D eigenvalue weighted by atomic mass is 9.85. The van der Waals surface area contributed by atoms with Gasteiger partial charge in [0.05, 0.1) is 26.4 Å². The van der Waals surface area contributed by atoms with Crippen molar-refractivity contribution in [2.75, 3.05) is 53.1 Å². The molecule has 0 N–H and O–H groups in total. The van der Waals surface area contributed by atoms with Crippen LogP contribution in [0.25, 0.3) is 0 Å². The van der Waals surface area contributed by atoms with Crippen molar-refractivity contribution in [1.29, 1.82) is 0 Å². The number of carbonyl (C=O) groups is 1. The third-order valence-corrected chi connectivity index (χ3v) is 5.68. The molecule has 2 aliphatic heterocycles. The first-order valence-electron chi connectivity index (χ1n) is 9.95. The molecule has 2 aromatic rings. The minimum absolute atomic E-state index is 0.130. The topological polar surface area (TPSA) is 112 Å². The number of rotatable bonds is 6. The Labute approximate surface area is 168 Å². The zero-order chi connectivity index (χ0) is 20.3. The third kappa shape index (κ3) is 3.89. The molecule has 11 nitrogen and oxygen atoms in total. The Morgan fingerprint density at radius 3 is 2.86 bits per heavy atom. The highest BCUT2D eigenvalue weighted by Crippen LogP contribution is 2.37. The van der Waals surface area contributed by atoms with Gasteiger partial charge in [0.15, 0.2) is 11.5 Å². The average Bonchev–Trinajstić information content (AvgIpc) is 3.41. The minimum Gasteiger partial charge on any atom is -0.383 e. The van der Waals surface area contributed by atoms with Gasteiger partial charge in [-0.15, -0.1) is 5.10 Å². The van der Waals surface area contributed by atoms with Gasteiger partial charge in [0.25, 0.3) is 5.91 Å². The molecule has 11 heteroatoms. The molecule has 1 unspecified atom stereocenters. The number of aryl methyl sites for hydroxylation is 1. The van der Waals surface area contributed by atoms with E-state index in [1.807, 2.05) is 4.90 Å². The molecule has 2 saturated heterocycles. The highest BCUT2D eigenvalue weighted by Gasteiger charge is 2.48. The Morgan fingerprint density at radius 1 is 1.31 bits per heavy atom. The van der Waals surface area contributed by atoms with Crippen molar-refractivity contribution in [3.05, 3.63) is 23.3 Å². The van der Waals surface area contributed by atoms with Gasteiger partial charge in [0, 0.05) is 39.4 Å². The van der Waals surface area contributed by atoms with Crippen molar-refractivity contribution < 1.29 is 18.8 Å². The largest absolute Gasteiger partial charge is 0.383 e. The van der Waals surface area contributed by atoms with Crippen LogP contribution in [0.2, 0.25) is 0 Å². The van der Waals surface area contributed by atoms with Gasteiger partial charge < -0.3 is 18.9 Å². The number of aromatic nitrogens is 5. The lowest BCUT2D eigenvalue weighted by Crippen LogP contribution is -2.61. The van der Waals surface area contributed by atoms with E-state index >= 15 is 0 Å². The minimum atomic E-state index is -0.478. The van der Waals surface area contributed by atoms with Crippen LogP contribution in [0, 0.1) is 6.92 Å². The molecule has 2 fully saturated rings. The normalized spacial score (nSPS) is 23.4. The number of morpholine rings is 1. The van der Waals surface area contributed by atoms with Gasteiger partial charge in [0.2, 0.25) is 0 Å². The first kappa shape index (κ1) is 19.9. The summed E-state index contributed by atoms with van der Waals surface area (Å²) < 4.78 is 17.7. The van der Waals surface area contributed by atoms with E-state index in [0.29, 0.717) is 50.9 Å². The number of tetrazole rings is 1. The van der Waals surface area contributed by atoms with Crippen molar-refractivity contribution in [2.45, 2.75) is 31.8 Å². The van der Waals surface area contributed by atoms with Crippen LogP contribution in [-0.4, -0.2) is 94.2 Å². The molecule has 0 saturated carbocycles. The summed E-state index contributed by atoms with van der Waals surface area (Å²) in [7, 11) is 1.66. The molecule has 4 rings (SSSR count). The standard InChI is InChI=1S/C18H27N7O4/c1-14-12-15(20-29-14)16(26)23-5-3-4-18(13-23,24-6-10-28-11-7-24)17-19-21-22-25(17)8-9-27-2/h12H,3-11,13H2,1-2H3. The van der Waals surface area contributed by atoms with Crippen molar-refractivity contribution in [2.24, 2.45) is 0 Å². The zero-order valence-corrected chi connectivity index (χ0v) is 16.9. The predicted octanol–water partition coefficient (Wildman–Crippen LogP) is 0.0796. The first-order valence-corrected chi connectivity index (χ1v) is 9.95. The number of nitrogens with zero attached hydrogens (tertiary/aromatic N) is 7. The van der Waals surface area contributed by atoms with Gasteiger partial charge in [-0.05, 0) is 30.2 Å². The Balaban J connectivity index is 1.67. The molecule has 2 aromatic heterocycles. The van der Waals surface area contributed by atoms with Gasteiger partial charge in [-0.2, -0.15) is 0 Å². The van der Waals surface area contributed by atoms with E-state index in [9.17, 15) is 4.79 Å². The SMILES string of the molecule is COCCn1nnnc1C1(N2CCOCC2)CCCN(C(=O)c2cc(C)on2)C1. The van der Waals surface area contributed by atoms with Crippen LogP contribution >= 0.6 is 0 Å². The molecule has 0 bridgehead atoms. The molecule has 1 amide bonds. The maximum absolute atomic E-state index is 13.1. The van der Waals surface area contributed by atoms with Crippen LogP contribution in [0.3, 0.4) is 0 Å². The first-order chi connectivity index (χ1) is 14.1. The Kier molecular flexibility index (Phi) is 5.88. The van der Waals surface area contributed by atoms with Crippen LogP contribution in [0.4, 0.5) is 0 Å². The van der Waals surface area contributed by atoms with Crippen LogP contribution in [0.1, 0.15) is 34.9 Å². The summed E-state index contributed by atoms with van der Waals surface area (Å²) in [5, 5.41) is 16.4. The average molecular weight is 405 g/mol. The van der Waals surface area contributed by atoms with Crippen molar-refractivity contribution in [3.8, 4) is 0 Å². The van der Waals surface area contributed by atoms with Crippen molar-refractivity contribution in [1.82, 2.24) is 35.2 Å². The number of amides is 1. The molecule has 0 aromatic carbocycles. The smallest absolute Gasteiger partial charge is 0.276 e. The maximum atomic E-state index is 13.1. The van der Waals surface area contributed by atoms with Crippen LogP contribution in [0.5, 0.6) is 0 Å². The van der Waals surface area contributed by atoms with Crippen LogP contribution in [-0.2, 0) is 21.6 Å². The number of ether oxygens (including phenoxy) is 2. The van der Waals surface area contributed by atoms with E-state index in [4.69, 9.17) is 14.0 Å². The summed E-state index contributed by atoms with van der Waals surface area (Å²) in [5.74, 6) is 1.26. The fourth-order valence-corrected chi connectivity index (χ4v) is 4.28. The summed E-state index contributed by atoms with van der Waals surface area (Å²) in [5.41, 5.74) is -0.146. The summed E-state index contributed by atoms with van der Waals surface area (Å²) in [6.07, 6.45) is 1.71. The van der Waals surface area contributed by atoms with E-state index in [1.54, 1.807) is 24.8 Å². The summed E-state index contributed by atoms with van der Waals surface area (Å²) in [4.78, 5) is 17.3. The molecule has 0 spiro atoms. The fraction of sp³-hybridized carbons (Fsp3) is 0.722. The van der Waals surface area contributed by atoms with E-state index in [2.05, 4.69) is 25.6 Å². The van der Waals surface area contributed by atoms with Gasteiger partial charge in [-0.3, -0.25) is 9.69 Å². The molecule has 2 aliphatic rings. The number of hydrogen-bond donors (Lipinski definition) is 0. The second-order valence-corrected chi connectivity index (χ2v) is 7.50. The molecule has 0 radical (unpaired) electrons.